The standard InChI is InChI=1S/C17H17ClN4O3/c1-9(23)17(24)21-6-11-3-10-4-13(18)12(5-14(10)22-11)15-7-20-16(25-2)8-19-15/h3-5,7-9,22-23H,6H2,1-2H3,(H,21,24). The third-order valence-corrected chi connectivity index (χ3v) is 4.02. The zero-order valence-electron chi connectivity index (χ0n) is 13.7. The van der Waals surface area contributed by atoms with Gasteiger partial charge < -0.3 is 20.1 Å². The summed E-state index contributed by atoms with van der Waals surface area (Å²) >= 11 is 6.37. The van der Waals surface area contributed by atoms with E-state index in [2.05, 4.69) is 20.3 Å². The van der Waals surface area contributed by atoms with Gasteiger partial charge in [0.1, 0.15) is 6.10 Å². The number of hydrogen-bond donors (Lipinski definition) is 3. The molecule has 7 nitrogen and oxygen atoms in total. The summed E-state index contributed by atoms with van der Waals surface area (Å²) in [5, 5.41) is 13.3. The molecule has 0 fully saturated rings. The van der Waals surface area contributed by atoms with Crippen LogP contribution in [0.5, 0.6) is 5.88 Å². The predicted octanol–water partition coefficient (Wildman–Crippen LogP) is 2.28. The van der Waals surface area contributed by atoms with E-state index in [1.165, 1.54) is 20.2 Å². The fourth-order valence-corrected chi connectivity index (χ4v) is 2.66. The minimum absolute atomic E-state index is 0.285. The number of aromatic nitrogens is 3. The largest absolute Gasteiger partial charge is 0.480 e. The van der Waals surface area contributed by atoms with Gasteiger partial charge in [-0.1, -0.05) is 11.6 Å². The van der Waals surface area contributed by atoms with Crippen LogP contribution in [-0.2, 0) is 11.3 Å². The van der Waals surface area contributed by atoms with Crippen LogP contribution in [0.25, 0.3) is 22.2 Å². The molecule has 1 unspecified atom stereocenters. The van der Waals surface area contributed by atoms with E-state index in [0.29, 0.717) is 16.6 Å². The molecule has 0 bridgehead atoms. The normalized spacial score (nSPS) is 12.2. The average Bonchev–Trinajstić information content (AvgIpc) is 3.00. The van der Waals surface area contributed by atoms with Gasteiger partial charge in [0, 0.05) is 22.2 Å². The summed E-state index contributed by atoms with van der Waals surface area (Å²) in [6.45, 7) is 1.70. The molecule has 3 aromatic rings. The highest BCUT2D eigenvalue weighted by Crippen LogP contribution is 2.31. The van der Waals surface area contributed by atoms with Crippen LogP contribution in [0.1, 0.15) is 12.6 Å². The summed E-state index contributed by atoms with van der Waals surface area (Å²) < 4.78 is 5.01. The van der Waals surface area contributed by atoms with Gasteiger partial charge in [-0.15, -0.1) is 0 Å². The van der Waals surface area contributed by atoms with Crippen LogP contribution in [0.3, 0.4) is 0 Å². The van der Waals surface area contributed by atoms with Crippen molar-refractivity contribution in [2.75, 3.05) is 7.11 Å². The Morgan fingerprint density at radius 2 is 2.16 bits per heavy atom. The number of H-pyrrole nitrogens is 1. The topological polar surface area (TPSA) is 100 Å². The Morgan fingerprint density at radius 3 is 2.80 bits per heavy atom. The van der Waals surface area contributed by atoms with Crippen molar-refractivity contribution >= 4 is 28.4 Å². The van der Waals surface area contributed by atoms with Crippen molar-refractivity contribution < 1.29 is 14.6 Å². The van der Waals surface area contributed by atoms with E-state index in [9.17, 15) is 9.90 Å². The second-order valence-corrected chi connectivity index (χ2v) is 5.96. The van der Waals surface area contributed by atoms with Crippen molar-refractivity contribution in [1.82, 2.24) is 20.3 Å². The summed E-state index contributed by atoms with van der Waals surface area (Å²) in [7, 11) is 1.53. The van der Waals surface area contributed by atoms with Gasteiger partial charge in [-0.2, -0.15) is 0 Å². The predicted molar refractivity (Wildman–Crippen MR) is 94.4 cm³/mol. The molecule has 0 saturated carbocycles. The van der Waals surface area contributed by atoms with Crippen LogP contribution in [0.15, 0.2) is 30.6 Å². The second kappa shape index (κ2) is 7.08. The lowest BCUT2D eigenvalue weighted by Gasteiger charge is -2.05. The Labute approximate surface area is 149 Å². The first-order chi connectivity index (χ1) is 12.0. The molecule has 2 heterocycles. The van der Waals surface area contributed by atoms with Gasteiger partial charge in [-0.05, 0) is 25.1 Å². The molecule has 3 N–H and O–H groups in total. The zero-order chi connectivity index (χ0) is 18.0. The molecule has 8 heteroatoms. The number of hydrogen-bond acceptors (Lipinski definition) is 5. The molecule has 1 amide bonds. The molecular weight excluding hydrogens is 344 g/mol. The van der Waals surface area contributed by atoms with E-state index in [4.69, 9.17) is 16.3 Å². The van der Waals surface area contributed by atoms with E-state index in [1.54, 1.807) is 6.20 Å². The number of methoxy groups -OCH3 is 1. The van der Waals surface area contributed by atoms with Crippen molar-refractivity contribution in [3.63, 3.8) is 0 Å². The number of benzene rings is 1. The maximum atomic E-state index is 11.5. The van der Waals surface area contributed by atoms with Gasteiger partial charge in [0.15, 0.2) is 0 Å². The number of rotatable bonds is 5. The number of carbonyl (C=O) groups excluding carboxylic acids is 1. The number of aliphatic hydroxyl groups excluding tert-OH is 1. The fourth-order valence-electron chi connectivity index (χ4n) is 2.40. The van der Waals surface area contributed by atoms with E-state index in [-0.39, 0.29) is 6.54 Å². The Balaban J connectivity index is 1.89. The number of aromatic amines is 1. The molecule has 0 spiro atoms. The Hall–Kier alpha value is -2.64. The molecule has 0 aliphatic heterocycles. The molecular formula is C17H17ClN4O3. The highest BCUT2D eigenvalue weighted by molar-refractivity contribution is 6.34. The quantitative estimate of drug-likeness (QED) is 0.648. The Morgan fingerprint density at radius 1 is 1.36 bits per heavy atom. The smallest absolute Gasteiger partial charge is 0.248 e. The van der Waals surface area contributed by atoms with Crippen molar-refractivity contribution in [3.8, 4) is 17.1 Å². The highest BCUT2D eigenvalue weighted by Gasteiger charge is 2.12. The van der Waals surface area contributed by atoms with Crippen LogP contribution in [0.2, 0.25) is 5.02 Å². The van der Waals surface area contributed by atoms with Crippen molar-refractivity contribution in [2.24, 2.45) is 0 Å². The van der Waals surface area contributed by atoms with E-state index in [0.717, 1.165) is 22.2 Å². The molecule has 1 aromatic carbocycles. The molecule has 25 heavy (non-hydrogen) atoms. The van der Waals surface area contributed by atoms with Gasteiger partial charge in [0.2, 0.25) is 11.8 Å². The van der Waals surface area contributed by atoms with Crippen LogP contribution in [-0.4, -0.2) is 39.2 Å². The van der Waals surface area contributed by atoms with E-state index < -0.39 is 12.0 Å². The van der Waals surface area contributed by atoms with Gasteiger partial charge in [-0.25, -0.2) is 9.97 Å². The molecule has 2 aromatic heterocycles. The summed E-state index contributed by atoms with van der Waals surface area (Å²) in [5.74, 6) is 0.00264. The number of amides is 1. The fraction of sp³-hybridized carbons (Fsp3) is 0.235. The number of ether oxygens (including phenoxy) is 1. The average molecular weight is 361 g/mol. The van der Waals surface area contributed by atoms with Crippen molar-refractivity contribution in [2.45, 2.75) is 19.6 Å². The summed E-state index contributed by atoms with van der Waals surface area (Å²) in [5.41, 5.74) is 3.04. The number of aliphatic hydroxyl groups is 1. The van der Waals surface area contributed by atoms with Crippen molar-refractivity contribution in [1.29, 1.82) is 0 Å². The number of carbonyl (C=O) groups is 1. The maximum absolute atomic E-state index is 11.5. The SMILES string of the molecule is COc1cnc(-c2cc3[nH]c(CNC(=O)C(C)O)cc3cc2Cl)cn1. The summed E-state index contributed by atoms with van der Waals surface area (Å²) in [6, 6.07) is 5.61. The van der Waals surface area contributed by atoms with Gasteiger partial charge in [-0.3, -0.25) is 4.79 Å². The number of fused-ring (bicyclic) bond motifs is 1. The van der Waals surface area contributed by atoms with Crippen LogP contribution >= 0.6 is 11.6 Å². The molecule has 0 aliphatic rings. The molecule has 130 valence electrons. The number of nitrogens with zero attached hydrogens (tertiary/aromatic N) is 2. The molecule has 1 atom stereocenters. The minimum atomic E-state index is -1.04. The first-order valence-electron chi connectivity index (χ1n) is 7.61. The number of halogens is 1. The molecule has 0 radical (unpaired) electrons. The third-order valence-electron chi connectivity index (χ3n) is 3.71. The lowest BCUT2D eigenvalue weighted by molar-refractivity contribution is -0.128. The van der Waals surface area contributed by atoms with Crippen LogP contribution in [0.4, 0.5) is 0 Å². The van der Waals surface area contributed by atoms with Gasteiger partial charge in [0.25, 0.3) is 0 Å². The van der Waals surface area contributed by atoms with Gasteiger partial charge >= 0.3 is 0 Å². The third kappa shape index (κ3) is 3.72. The first kappa shape index (κ1) is 17.2. The van der Waals surface area contributed by atoms with Gasteiger partial charge in [0.05, 0.1) is 36.8 Å². The van der Waals surface area contributed by atoms with E-state index in [1.807, 2.05) is 18.2 Å². The number of nitrogens with one attached hydrogen (secondary N) is 2. The minimum Gasteiger partial charge on any atom is -0.480 e. The summed E-state index contributed by atoms with van der Waals surface area (Å²) in [4.78, 5) is 23.1. The molecule has 0 aliphatic carbocycles. The van der Waals surface area contributed by atoms with Crippen LogP contribution in [0, 0.1) is 0 Å². The lowest BCUT2D eigenvalue weighted by atomic mass is 10.1. The maximum Gasteiger partial charge on any atom is 0.248 e. The van der Waals surface area contributed by atoms with Crippen LogP contribution < -0.4 is 10.1 Å². The second-order valence-electron chi connectivity index (χ2n) is 5.55. The van der Waals surface area contributed by atoms with Crippen molar-refractivity contribution in [3.05, 3.63) is 41.3 Å². The zero-order valence-corrected chi connectivity index (χ0v) is 14.5. The van der Waals surface area contributed by atoms with E-state index >= 15 is 0 Å². The molecule has 3 rings (SSSR count). The summed E-state index contributed by atoms with van der Waals surface area (Å²) in [6.07, 6.45) is 2.08. The molecule has 0 saturated heterocycles. The Kier molecular flexibility index (Phi) is 4.87. The first-order valence-corrected chi connectivity index (χ1v) is 7.99. The lowest BCUT2D eigenvalue weighted by Crippen LogP contribution is -2.32. The monoisotopic (exact) mass is 360 g/mol. The Bertz CT molecular complexity index is 906. The highest BCUT2D eigenvalue weighted by atomic mass is 35.5.